The van der Waals surface area contributed by atoms with Crippen molar-refractivity contribution in [3.05, 3.63) is 34.4 Å². The number of hydrogen-bond donors (Lipinski definition) is 0. The maximum atomic E-state index is 11.1. The van der Waals surface area contributed by atoms with Gasteiger partial charge in [-0.05, 0) is 42.4 Å². The summed E-state index contributed by atoms with van der Waals surface area (Å²) in [5, 5.41) is 12.2. The minimum Gasteiger partial charge on any atom is -0.353 e. The van der Waals surface area contributed by atoms with E-state index in [4.69, 9.17) is 2.74 Å². The van der Waals surface area contributed by atoms with Crippen molar-refractivity contribution >= 4 is 27.4 Å². The van der Waals surface area contributed by atoms with Gasteiger partial charge in [-0.25, -0.2) is 0 Å². The van der Waals surface area contributed by atoms with Crippen LogP contribution < -0.4 is 4.90 Å². The molecule has 2 heterocycles. The fraction of sp³-hybridized carbons (Fsp3) is 0.632. The van der Waals surface area contributed by atoms with E-state index in [1.54, 1.807) is 0 Å². The summed E-state index contributed by atoms with van der Waals surface area (Å²) in [6.07, 6.45) is 3.43. The van der Waals surface area contributed by atoms with E-state index in [1.807, 2.05) is 17.0 Å². The standard InChI is InChI=1S/C19H26N4O2S/c24-23(25)14-16-6-2-1-5-15(16)13-21-9-11-22(12-10-21)19-17-7-3-4-8-18(17)26-20-19/h3-4,7-8,15-16H,1-2,5-6,9-14H2/t15-,16-/m0/s1/i13D2. The molecule has 7 heteroatoms. The van der Waals surface area contributed by atoms with Crippen molar-refractivity contribution in [3.8, 4) is 0 Å². The zero-order valence-corrected chi connectivity index (χ0v) is 15.7. The van der Waals surface area contributed by atoms with Crippen molar-refractivity contribution in [1.82, 2.24) is 9.27 Å². The maximum absolute atomic E-state index is 11.1. The Hall–Kier alpha value is -1.73. The third kappa shape index (κ3) is 3.83. The van der Waals surface area contributed by atoms with E-state index in [-0.39, 0.29) is 23.3 Å². The molecule has 1 saturated heterocycles. The minimum atomic E-state index is -1.50. The summed E-state index contributed by atoms with van der Waals surface area (Å²) < 4.78 is 23.4. The van der Waals surface area contributed by atoms with Gasteiger partial charge in [0.1, 0.15) is 5.82 Å². The summed E-state index contributed by atoms with van der Waals surface area (Å²) in [5.41, 5.74) is 0. The first kappa shape index (κ1) is 15.3. The molecule has 1 aromatic carbocycles. The van der Waals surface area contributed by atoms with E-state index < -0.39 is 6.50 Å². The highest BCUT2D eigenvalue weighted by Crippen LogP contribution is 2.32. The minimum absolute atomic E-state index is 0.116. The summed E-state index contributed by atoms with van der Waals surface area (Å²) in [6.45, 7) is 1.05. The van der Waals surface area contributed by atoms with Crippen LogP contribution in [0.2, 0.25) is 0 Å². The molecule has 2 aromatic rings. The fourth-order valence-electron chi connectivity index (χ4n) is 4.17. The Kier molecular flexibility index (Phi) is 4.65. The number of benzene rings is 1. The molecule has 2 fully saturated rings. The lowest BCUT2D eigenvalue weighted by Gasteiger charge is -2.39. The fourth-order valence-corrected chi connectivity index (χ4v) is 4.97. The zero-order chi connectivity index (χ0) is 19.7. The Labute approximate surface area is 160 Å². The smallest absolute Gasteiger partial charge is 0.206 e. The number of nitro groups is 1. The molecule has 4 rings (SSSR count). The molecular weight excluding hydrogens is 348 g/mol. The van der Waals surface area contributed by atoms with Crippen molar-refractivity contribution in [2.75, 3.05) is 44.1 Å². The predicted octanol–water partition coefficient (Wildman–Crippen LogP) is 3.50. The first-order valence-electron chi connectivity index (χ1n) is 10.4. The quantitative estimate of drug-likeness (QED) is 0.590. The number of anilines is 1. The highest BCUT2D eigenvalue weighted by atomic mass is 32.1. The second-order valence-electron chi connectivity index (χ2n) is 7.27. The summed E-state index contributed by atoms with van der Waals surface area (Å²) in [6, 6.07) is 8.20. The SMILES string of the molecule is [2H]C([2H])([C@@H]1CCCC[C@H]1C[N+](=O)[O-])N1CCN(c2nsc3ccccc23)CC1. The van der Waals surface area contributed by atoms with Gasteiger partial charge in [0.05, 0.1) is 4.70 Å². The molecule has 0 amide bonds. The molecule has 1 aliphatic heterocycles. The van der Waals surface area contributed by atoms with Gasteiger partial charge in [0.2, 0.25) is 6.54 Å². The van der Waals surface area contributed by atoms with Gasteiger partial charge in [-0.1, -0.05) is 25.0 Å². The third-order valence-electron chi connectivity index (χ3n) is 5.58. The van der Waals surface area contributed by atoms with E-state index in [2.05, 4.69) is 21.4 Å². The number of piperazine rings is 1. The lowest BCUT2D eigenvalue weighted by Crippen LogP contribution is -2.49. The molecule has 1 aromatic heterocycles. The second-order valence-corrected chi connectivity index (χ2v) is 8.08. The van der Waals surface area contributed by atoms with Gasteiger partial charge >= 0.3 is 0 Å². The molecule has 6 nitrogen and oxygen atoms in total. The Morgan fingerprint density at radius 3 is 2.69 bits per heavy atom. The molecular formula is C19H26N4O2S. The normalized spacial score (nSPS) is 26.5. The van der Waals surface area contributed by atoms with Crippen LogP contribution in [0.1, 0.15) is 28.4 Å². The van der Waals surface area contributed by atoms with Crippen LogP contribution in [0, 0.1) is 22.0 Å². The van der Waals surface area contributed by atoms with Gasteiger partial charge in [0.15, 0.2) is 0 Å². The molecule has 1 saturated carbocycles. The average molecular weight is 377 g/mol. The number of hydrogen-bond acceptors (Lipinski definition) is 6. The van der Waals surface area contributed by atoms with Crippen LogP contribution in [-0.4, -0.2) is 53.4 Å². The van der Waals surface area contributed by atoms with Crippen molar-refractivity contribution in [2.45, 2.75) is 25.7 Å². The Bertz CT molecular complexity index is 838. The van der Waals surface area contributed by atoms with E-state index in [0.29, 0.717) is 13.1 Å². The Morgan fingerprint density at radius 2 is 1.92 bits per heavy atom. The van der Waals surface area contributed by atoms with E-state index in [9.17, 15) is 10.1 Å². The number of nitrogens with zero attached hydrogens (tertiary/aromatic N) is 4. The van der Waals surface area contributed by atoms with Gasteiger partial charge in [-0.15, -0.1) is 0 Å². The van der Waals surface area contributed by atoms with Gasteiger partial charge in [0, 0.05) is 51.6 Å². The first-order chi connectivity index (χ1) is 13.5. The van der Waals surface area contributed by atoms with Crippen molar-refractivity contribution < 1.29 is 7.66 Å². The highest BCUT2D eigenvalue weighted by Gasteiger charge is 2.31. The lowest BCUT2D eigenvalue weighted by molar-refractivity contribution is -0.490. The van der Waals surface area contributed by atoms with Gasteiger partial charge in [0.25, 0.3) is 0 Å². The maximum Gasteiger partial charge on any atom is 0.206 e. The molecule has 0 unspecified atom stereocenters. The highest BCUT2D eigenvalue weighted by molar-refractivity contribution is 7.13. The van der Waals surface area contributed by atoms with E-state index >= 15 is 0 Å². The van der Waals surface area contributed by atoms with Crippen molar-refractivity contribution in [3.63, 3.8) is 0 Å². The Balaban J connectivity index is 1.45. The van der Waals surface area contributed by atoms with Crippen molar-refractivity contribution in [2.24, 2.45) is 11.8 Å². The topological polar surface area (TPSA) is 62.5 Å². The molecule has 26 heavy (non-hydrogen) atoms. The van der Waals surface area contributed by atoms with Gasteiger partial charge in [-0.3, -0.25) is 15.0 Å². The summed E-state index contributed by atoms with van der Waals surface area (Å²) >= 11 is 1.50. The summed E-state index contributed by atoms with van der Waals surface area (Å²) in [5.74, 6) is 0.558. The van der Waals surface area contributed by atoms with Crippen LogP contribution in [0.4, 0.5) is 5.82 Å². The van der Waals surface area contributed by atoms with Crippen molar-refractivity contribution in [1.29, 1.82) is 0 Å². The molecule has 0 N–H and O–H groups in total. The molecule has 1 aliphatic carbocycles. The zero-order valence-electron chi connectivity index (χ0n) is 16.8. The molecule has 0 bridgehead atoms. The number of fused-ring (bicyclic) bond motifs is 1. The number of rotatable bonds is 5. The predicted molar refractivity (Wildman–Crippen MR) is 106 cm³/mol. The molecule has 2 aliphatic rings. The molecule has 2 atom stereocenters. The van der Waals surface area contributed by atoms with E-state index in [0.717, 1.165) is 50.0 Å². The summed E-state index contributed by atoms with van der Waals surface area (Å²) in [4.78, 5) is 14.9. The Morgan fingerprint density at radius 1 is 1.19 bits per heavy atom. The van der Waals surface area contributed by atoms with Gasteiger partial charge in [-0.2, -0.15) is 4.37 Å². The van der Waals surface area contributed by atoms with Gasteiger partial charge < -0.3 is 4.90 Å². The second kappa shape index (κ2) is 7.88. The molecule has 0 spiro atoms. The van der Waals surface area contributed by atoms with Crippen LogP contribution in [0.15, 0.2) is 24.3 Å². The van der Waals surface area contributed by atoms with Crippen LogP contribution in [0.25, 0.3) is 10.1 Å². The van der Waals surface area contributed by atoms with Crippen LogP contribution in [0.5, 0.6) is 0 Å². The number of aromatic nitrogens is 1. The van der Waals surface area contributed by atoms with E-state index in [1.165, 1.54) is 16.2 Å². The monoisotopic (exact) mass is 376 g/mol. The lowest BCUT2D eigenvalue weighted by atomic mass is 9.79. The summed E-state index contributed by atoms with van der Waals surface area (Å²) in [7, 11) is 0. The van der Waals surface area contributed by atoms with Crippen LogP contribution >= 0.6 is 11.5 Å². The first-order valence-corrected chi connectivity index (χ1v) is 10.2. The largest absolute Gasteiger partial charge is 0.353 e. The van der Waals surface area contributed by atoms with Crippen LogP contribution in [0.3, 0.4) is 0 Å². The molecule has 140 valence electrons. The third-order valence-corrected chi connectivity index (χ3v) is 6.40. The molecule has 0 radical (unpaired) electrons. The van der Waals surface area contributed by atoms with Crippen LogP contribution in [-0.2, 0) is 0 Å². The average Bonchev–Trinajstić information content (AvgIpc) is 3.12.